The number of nitrogens with zero attached hydrogens (tertiary/aromatic N) is 2. The highest BCUT2D eigenvalue weighted by molar-refractivity contribution is 7.20. The zero-order chi connectivity index (χ0) is 22.0. The first-order chi connectivity index (χ1) is 14.9. The molecule has 8 heteroatoms. The fraction of sp³-hybridized carbons (Fsp3) is 0.391. The lowest BCUT2D eigenvalue weighted by Crippen LogP contribution is -2.29. The molecule has 0 atom stereocenters. The molecule has 1 saturated carbocycles. The number of carbonyl (C=O) groups is 2. The Balaban J connectivity index is 1.56. The van der Waals surface area contributed by atoms with E-state index in [9.17, 15) is 14.4 Å². The molecule has 0 radical (unpaired) electrons. The highest BCUT2D eigenvalue weighted by Gasteiger charge is 2.22. The smallest absolute Gasteiger partial charge is 0.326 e. The molecule has 0 bridgehead atoms. The van der Waals surface area contributed by atoms with Crippen LogP contribution in [0.25, 0.3) is 10.2 Å². The van der Waals surface area contributed by atoms with Crippen molar-refractivity contribution in [1.29, 1.82) is 0 Å². The average Bonchev–Trinajstić information content (AvgIpc) is 3.10. The standard InChI is InChI=1S/C23H25N3O4S/c1-14-8-6-7-11-17(14)25-21(28)20-15(2)19-22(31-20)24-13-26(23(19)29)12-18(27)30-16-9-4-3-5-10-16/h6-8,11,13,16H,3-5,9-10,12H2,1-2H3,(H,25,28). The molecule has 7 nitrogen and oxygen atoms in total. The molecule has 0 unspecified atom stereocenters. The molecule has 162 valence electrons. The maximum Gasteiger partial charge on any atom is 0.326 e. The summed E-state index contributed by atoms with van der Waals surface area (Å²) in [5, 5.41) is 3.27. The first-order valence-electron chi connectivity index (χ1n) is 10.5. The summed E-state index contributed by atoms with van der Waals surface area (Å²) in [7, 11) is 0. The van der Waals surface area contributed by atoms with Crippen molar-refractivity contribution in [2.75, 3.05) is 5.32 Å². The third kappa shape index (κ3) is 4.54. The molecule has 0 saturated heterocycles. The summed E-state index contributed by atoms with van der Waals surface area (Å²) in [4.78, 5) is 43.4. The van der Waals surface area contributed by atoms with Crippen LogP contribution in [0.5, 0.6) is 0 Å². The van der Waals surface area contributed by atoms with Gasteiger partial charge in [0.25, 0.3) is 11.5 Å². The molecule has 1 amide bonds. The zero-order valence-electron chi connectivity index (χ0n) is 17.6. The summed E-state index contributed by atoms with van der Waals surface area (Å²) in [6.45, 7) is 3.47. The van der Waals surface area contributed by atoms with E-state index < -0.39 is 5.97 Å². The Labute approximate surface area is 184 Å². The first kappa shape index (κ1) is 21.2. The van der Waals surface area contributed by atoms with Crippen LogP contribution in [0.4, 0.5) is 5.69 Å². The van der Waals surface area contributed by atoms with Crippen molar-refractivity contribution in [2.24, 2.45) is 0 Å². The highest BCUT2D eigenvalue weighted by Crippen LogP contribution is 2.28. The van der Waals surface area contributed by atoms with E-state index in [4.69, 9.17) is 4.74 Å². The summed E-state index contributed by atoms with van der Waals surface area (Å²) in [5.41, 5.74) is 1.90. The van der Waals surface area contributed by atoms with Crippen molar-refractivity contribution in [1.82, 2.24) is 9.55 Å². The summed E-state index contributed by atoms with van der Waals surface area (Å²) in [6, 6.07) is 7.51. The number of benzene rings is 1. The Morgan fingerprint density at radius 2 is 1.94 bits per heavy atom. The minimum atomic E-state index is -0.430. The number of carbonyl (C=O) groups excluding carboxylic acids is 2. The van der Waals surface area contributed by atoms with Gasteiger partial charge in [0.15, 0.2) is 0 Å². The number of aromatic nitrogens is 2. The minimum absolute atomic E-state index is 0.0618. The fourth-order valence-electron chi connectivity index (χ4n) is 3.93. The van der Waals surface area contributed by atoms with E-state index in [2.05, 4.69) is 10.3 Å². The van der Waals surface area contributed by atoms with Crippen molar-refractivity contribution in [3.8, 4) is 0 Å². The van der Waals surface area contributed by atoms with Gasteiger partial charge in [-0.3, -0.25) is 19.0 Å². The van der Waals surface area contributed by atoms with E-state index in [1.54, 1.807) is 6.92 Å². The molecule has 4 rings (SSSR count). The van der Waals surface area contributed by atoms with Crippen LogP contribution in [0.2, 0.25) is 0 Å². The number of anilines is 1. The monoisotopic (exact) mass is 439 g/mol. The van der Waals surface area contributed by atoms with Crippen LogP contribution >= 0.6 is 11.3 Å². The number of nitrogens with one attached hydrogen (secondary N) is 1. The molecule has 31 heavy (non-hydrogen) atoms. The van der Waals surface area contributed by atoms with E-state index in [1.807, 2.05) is 31.2 Å². The second-order valence-corrected chi connectivity index (χ2v) is 8.93. The van der Waals surface area contributed by atoms with Crippen LogP contribution in [0.3, 0.4) is 0 Å². The molecule has 0 spiro atoms. The van der Waals surface area contributed by atoms with Crippen LogP contribution in [-0.4, -0.2) is 27.5 Å². The van der Waals surface area contributed by atoms with Gasteiger partial charge in [-0.25, -0.2) is 4.98 Å². The SMILES string of the molecule is Cc1ccccc1NC(=O)c1sc2ncn(CC(=O)OC3CCCCC3)c(=O)c2c1C. The first-order valence-corrected chi connectivity index (χ1v) is 11.3. The third-order valence-electron chi connectivity index (χ3n) is 5.67. The molecule has 1 fully saturated rings. The highest BCUT2D eigenvalue weighted by atomic mass is 32.1. The Morgan fingerprint density at radius 3 is 2.68 bits per heavy atom. The molecule has 0 aliphatic heterocycles. The summed E-state index contributed by atoms with van der Waals surface area (Å²) in [6.07, 6.45) is 6.34. The number of aryl methyl sites for hydroxylation is 2. The molecule has 1 N–H and O–H groups in total. The number of thiophene rings is 1. The van der Waals surface area contributed by atoms with E-state index in [1.165, 1.54) is 28.7 Å². The number of amides is 1. The van der Waals surface area contributed by atoms with Gasteiger partial charge >= 0.3 is 5.97 Å². The molecule has 2 aromatic heterocycles. The largest absolute Gasteiger partial charge is 0.461 e. The summed E-state index contributed by atoms with van der Waals surface area (Å²) < 4.78 is 6.79. The average molecular weight is 440 g/mol. The Bertz CT molecular complexity index is 1190. The van der Waals surface area contributed by atoms with Gasteiger partial charge in [-0.2, -0.15) is 0 Å². The topological polar surface area (TPSA) is 90.3 Å². The van der Waals surface area contributed by atoms with Crippen LogP contribution in [0.1, 0.15) is 52.9 Å². The van der Waals surface area contributed by atoms with Gasteiger partial charge in [0, 0.05) is 5.69 Å². The lowest BCUT2D eigenvalue weighted by atomic mass is 9.98. The normalized spacial score (nSPS) is 14.5. The predicted molar refractivity (Wildman–Crippen MR) is 121 cm³/mol. The number of hydrogen-bond acceptors (Lipinski definition) is 6. The van der Waals surface area contributed by atoms with Gasteiger partial charge in [0.1, 0.15) is 17.5 Å². The van der Waals surface area contributed by atoms with Crippen LogP contribution in [0.15, 0.2) is 35.4 Å². The van der Waals surface area contributed by atoms with Crippen molar-refractivity contribution in [3.63, 3.8) is 0 Å². The van der Waals surface area contributed by atoms with E-state index in [0.29, 0.717) is 20.7 Å². The van der Waals surface area contributed by atoms with Crippen molar-refractivity contribution in [3.05, 3.63) is 57.0 Å². The third-order valence-corrected chi connectivity index (χ3v) is 6.87. The minimum Gasteiger partial charge on any atom is -0.461 e. The van der Waals surface area contributed by atoms with E-state index in [-0.39, 0.29) is 24.1 Å². The van der Waals surface area contributed by atoms with Crippen LogP contribution in [0, 0.1) is 13.8 Å². The quantitative estimate of drug-likeness (QED) is 0.602. The molecular weight excluding hydrogens is 414 g/mol. The van der Waals surface area contributed by atoms with Gasteiger partial charge in [-0.15, -0.1) is 11.3 Å². The van der Waals surface area contributed by atoms with Crippen LogP contribution in [-0.2, 0) is 16.1 Å². The van der Waals surface area contributed by atoms with E-state index >= 15 is 0 Å². The van der Waals surface area contributed by atoms with Gasteiger partial charge in [0.05, 0.1) is 16.6 Å². The van der Waals surface area contributed by atoms with Gasteiger partial charge in [-0.05, 0) is 56.7 Å². The van der Waals surface area contributed by atoms with Gasteiger partial charge < -0.3 is 10.1 Å². The Morgan fingerprint density at radius 1 is 1.19 bits per heavy atom. The van der Waals surface area contributed by atoms with Crippen molar-refractivity contribution >= 4 is 39.1 Å². The van der Waals surface area contributed by atoms with Gasteiger partial charge in [0.2, 0.25) is 0 Å². The molecule has 1 aliphatic carbocycles. The Kier molecular flexibility index (Phi) is 6.18. The number of esters is 1. The van der Waals surface area contributed by atoms with Crippen molar-refractivity contribution < 1.29 is 14.3 Å². The number of ether oxygens (including phenoxy) is 1. The number of hydrogen-bond donors (Lipinski definition) is 1. The molecular formula is C23H25N3O4S. The maximum absolute atomic E-state index is 13.0. The lowest BCUT2D eigenvalue weighted by Gasteiger charge is -2.21. The number of para-hydroxylation sites is 1. The molecule has 2 heterocycles. The molecule has 1 aromatic carbocycles. The Hall–Kier alpha value is -3.00. The summed E-state index contributed by atoms with van der Waals surface area (Å²) >= 11 is 1.17. The van der Waals surface area contributed by atoms with Gasteiger partial charge in [-0.1, -0.05) is 24.6 Å². The maximum atomic E-state index is 13.0. The number of fused-ring (bicyclic) bond motifs is 1. The molecule has 3 aromatic rings. The predicted octanol–water partition coefficient (Wildman–Crippen LogP) is 4.20. The fourth-order valence-corrected chi connectivity index (χ4v) is 4.96. The second kappa shape index (κ2) is 9.01. The molecule has 1 aliphatic rings. The summed E-state index contributed by atoms with van der Waals surface area (Å²) in [5.74, 6) is -0.710. The lowest BCUT2D eigenvalue weighted by molar-refractivity contribution is -0.151. The zero-order valence-corrected chi connectivity index (χ0v) is 18.5. The second-order valence-electron chi connectivity index (χ2n) is 7.93. The van der Waals surface area contributed by atoms with Crippen LogP contribution < -0.4 is 10.9 Å². The number of rotatable bonds is 5. The van der Waals surface area contributed by atoms with E-state index in [0.717, 1.165) is 36.9 Å². The van der Waals surface area contributed by atoms with Crippen molar-refractivity contribution in [2.45, 2.75) is 58.6 Å².